The van der Waals surface area contributed by atoms with E-state index >= 15 is 0 Å². The zero-order chi connectivity index (χ0) is 10.8. The minimum Gasteiger partial charge on any atom is -0.300 e. The minimum absolute atomic E-state index is 0.196. The van der Waals surface area contributed by atoms with Gasteiger partial charge < -0.3 is 4.79 Å². The van der Waals surface area contributed by atoms with Gasteiger partial charge in [-0.2, -0.15) is 0 Å². The van der Waals surface area contributed by atoms with E-state index in [-0.39, 0.29) is 5.41 Å². The van der Waals surface area contributed by atoms with Crippen LogP contribution in [0, 0.1) is 0 Å². The molecule has 0 aliphatic rings. The lowest BCUT2D eigenvalue weighted by Crippen LogP contribution is -2.33. The van der Waals surface area contributed by atoms with E-state index in [9.17, 15) is 9.59 Å². The van der Waals surface area contributed by atoms with Crippen LogP contribution in [0.3, 0.4) is 0 Å². The highest BCUT2D eigenvalue weighted by Gasteiger charge is 2.25. The number of hydrogen-bond acceptors (Lipinski definition) is 2. The molecule has 14 heavy (non-hydrogen) atoms. The van der Waals surface area contributed by atoms with E-state index in [2.05, 4.69) is 0 Å². The van der Waals surface area contributed by atoms with Crippen LogP contribution in [0.4, 0.5) is 0 Å². The Morgan fingerprint density at radius 2 is 1.93 bits per heavy atom. The molecule has 0 aliphatic carbocycles. The molecule has 0 amide bonds. The Kier molecular flexibility index (Phi) is 3.01. The lowest BCUT2D eigenvalue weighted by Gasteiger charge is -2.13. The van der Waals surface area contributed by atoms with Gasteiger partial charge in [-0.25, -0.2) is 0 Å². The molecule has 0 saturated carbocycles. The predicted octanol–water partition coefficient (Wildman–Crippen LogP) is 2.56. The van der Waals surface area contributed by atoms with E-state index in [0.717, 1.165) is 6.29 Å². The fourth-order valence-corrected chi connectivity index (χ4v) is 2.21. The zero-order valence-electron chi connectivity index (χ0n) is 8.70. The Bertz CT molecular complexity index is 364. The van der Waals surface area contributed by atoms with Gasteiger partial charge >= 0.3 is 0 Å². The SMILES string of the molecule is C[Si](C)(C)C(=O)c1cccc(C=O)c1. The molecule has 2 nitrogen and oxygen atoms in total. The van der Waals surface area contributed by atoms with Gasteiger partial charge in [0, 0.05) is 11.1 Å². The molecule has 0 N–H and O–H groups in total. The van der Waals surface area contributed by atoms with Crippen molar-refractivity contribution in [1.82, 2.24) is 0 Å². The van der Waals surface area contributed by atoms with Crippen LogP contribution >= 0.6 is 0 Å². The van der Waals surface area contributed by atoms with Crippen molar-refractivity contribution in [2.75, 3.05) is 0 Å². The molecule has 0 saturated heterocycles. The summed E-state index contributed by atoms with van der Waals surface area (Å²) < 4.78 is 0. The van der Waals surface area contributed by atoms with Gasteiger partial charge in [-0.15, -0.1) is 0 Å². The van der Waals surface area contributed by atoms with E-state index in [0.29, 0.717) is 11.1 Å². The van der Waals surface area contributed by atoms with Crippen LogP contribution in [-0.2, 0) is 0 Å². The fourth-order valence-electron chi connectivity index (χ4n) is 1.19. The zero-order valence-corrected chi connectivity index (χ0v) is 9.70. The molecule has 1 aromatic rings. The normalized spacial score (nSPS) is 11.1. The molecule has 3 heteroatoms. The Balaban J connectivity index is 3.08. The average Bonchev–Trinajstić information content (AvgIpc) is 2.15. The molecule has 0 fully saturated rings. The third-order valence-corrected chi connectivity index (χ3v) is 3.62. The highest BCUT2D eigenvalue weighted by Crippen LogP contribution is 2.12. The molecule has 1 aromatic carbocycles. The summed E-state index contributed by atoms with van der Waals surface area (Å²) >= 11 is 0. The molecule has 1 rings (SSSR count). The lowest BCUT2D eigenvalue weighted by atomic mass is 10.1. The molecule has 0 heterocycles. The predicted molar refractivity (Wildman–Crippen MR) is 59.5 cm³/mol. The largest absolute Gasteiger partial charge is 0.300 e. The van der Waals surface area contributed by atoms with E-state index < -0.39 is 8.07 Å². The lowest BCUT2D eigenvalue weighted by molar-refractivity contribution is 0.106. The minimum atomic E-state index is -1.79. The van der Waals surface area contributed by atoms with Crippen LogP contribution in [0.2, 0.25) is 19.6 Å². The summed E-state index contributed by atoms with van der Waals surface area (Å²) in [6, 6.07) is 6.88. The van der Waals surface area contributed by atoms with Gasteiger partial charge in [-0.05, 0) is 6.07 Å². The van der Waals surface area contributed by atoms with Crippen molar-refractivity contribution < 1.29 is 9.59 Å². The van der Waals surface area contributed by atoms with Gasteiger partial charge in [0.2, 0.25) is 0 Å². The second kappa shape index (κ2) is 3.88. The van der Waals surface area contributed by atoms with Gasteiger partial charge in [0.1, 0.15) is 19.8 Å². The third kappa shape index (κ3) is 2.39. The Hall–Kier alpha value is -1.22. The number of aldehydes is 1. The maximum Gasteiger partial charge on any atom is 0.150 e. The standard InChI is InChI=1S/C11H14O2Si/c1-14(2,3)11(13)10-6-4-5-9(7-10)8-12/h4-8H,1-3H3. The maximum absolute atomic E-state index is 11.9. The first-order valence-electron chi connectivity index (χ1n) is 4.55. The van der Waals surface area contributed by atoms with Crippen LogP contribution in [0.15, 0.2) is 24.3 Å². The van der Waals surface area contributed by atoms with Crippen LogP contribution < -0.4 is 0 Å². The van der Waals surface area contributed by atoms with Crippen LogP contribution in [0.25, 0.3) is 0 Å². The van der Waals surface area contributed by atoms with Crippen molar-refractivity contribution in [2.24, 2.45) is 0 Å². The topological polar surface area (TPSA) is 34.1 Å². The van der Waals surface area contributed by atoms with Gasteiger partial charge in [0.15, 0.2) is 0 Å². The van der Waals surface area contributed by atoms with Crippen molar-refractivity contribution in [2.45, 2.75) is 19.6 Å². The van der Waals surface area contributed by atoms with Crippen molar-refractivity contribution in [1.29, 1.82) is 0 Å². The summed E-state index contributed by atoms with van der Waals surface area (Å²) in [5.74, 6) is 0. The Morgan fingerprint density at radius 3 is 2.43 bits per heavy atom. The third-order valence-electron chi connectivity index (χ3n) is 1.97. The number of hydrogen-bond donors (Lipinski definition) is 0. The van der Waals surface area contributed by atoms with Crippen molar-refractivity contribution in [3.05, 3.63) is 35.4 Å². The highest BCUT2D eigenvalue weighted by molar-refractivity contribution is 7.05. The fraction of sp³-hybridized carbons (Fsp3) is 0.273. The van der Waals surface area contributed by atoms with Gasteiger partial charge in [-0.1, -0.05) is 37.8 Å². The second-order valence-electron chi connectivity index (χ2n) is 4.32. The van der Waals surface area contributed by atoms with Crippen LogP contribution in [0.5, 0.6) is 0 Å². The average molecular weight is 206 g/mol. The van der Waals surface area contributed by atoms with E-state index in [4.69, 9.17) is 0 Å². The van der Waals surface area contributed by atoms with Crippen molar-refractivity contribution in [3.8, 4) is 0 Å². The molecule has 0 bridgehead atoms. The molecule has 0 aromatic heterocycles. The number of carbonyl (C=O) groups is 2. The Morgan fingerprint density at radius 1 is 1.29 bits per heavy atom. The maximum atomic E-state index is 11.9. The summed E-state index contributed by atoms with van der Waals surface area (Å²) in [5, 5.41) is 0.196. The van der Waals surface area contributed by atoms with Gasteiger partial charge in [0.05, 0.1) is 0 Å². The highest BCUT2D eigenvalue weighted by atomic mass is 28.3. The molecular weight excluding hydrogens is 192 g/mol. The Labute approximate surface area is 85.0 Å². The molecule has 0 radical (unpaired) electrons. The number of rotatable bonds is 3. The summed E-state index contributed by atoms with van der Waals surface area (Å²) in [7, 11) is -1.79. The first-order chi connectivity index (χ1) is 6.45. The van der Waals surface area contributed by atoms with E-state index in [1.807, 2.05) is 19.6 Å². The first-order valence-corrected chi connectivity index (χ1v) is 8.05. The molecule has 74 valence electrons. The quantitative estimate of drug-likeness (QED) is 0.562. The number of benzene rings is 1. The summed E-state index contributed by atoms with van der Waals surface area (Å²) in [4.78, 5) is 22.4. The first kappa shape index (κ1) is 10.9. The van der Waals surface area contributed by atoms with Gasteiger partial charge in [0.25, 0.3) is 0 Å². The number of carbonyl (C=O) groups excluding carboxylic acids is 2. The molecule has 0 atom stereocenters. The summed E-state index contributed by atoms with van der Waals surface area (Å²) in [6.45, 7) is 6.01. The molecule has 0 spiro atoms. The molecule has 0 aliphatic heterocycles. The smallest absolute Gasteiger partial charge is 0.150 e. The monoisotopic (exact) mass is 206 g/mol. The second-order valence-corrected chi connectivity index (χ2v) is 9.28. The summed E-state index contributed by atoms with van der Waals surface area (Å²) in [5.41, 5.74) is 1.22. The van der Waals surface area contributed by atoms with Crippen LogP contribution in [0.1, 0.15) is 20.7 Å². The van der Waals surface area contributed by atoms with E-state index in [1.54, 1.807) is 24.3 Å². The van der Waals surface area contributed by atoms with Crippen molar-refractivity contribution >= 4 is 19.8 Å². The van der Waals surface area contributed by atoms with Crippen LogP contribution in [-0.4, -0.2) is 19.8 Å². The van der Waals surface area contributed by atoms with E-state index in [1.165, 1.54) is 0 Å². The molecule has 0 unspecified atom stereocenters. The van der Waals surface area contributed by atoms with Crippen molar-refractivity contribution in [3.63, 3.8) is 0 Å². The molecular formula is C11H14O2Si. The van der Waals surface area contributed by atoms with Gasteiger partial charge in [-0.3, -0.25) is 4.79 Å². The summed E-state index contributed by atoms with van der Waals surface area (Å²) in [6.07, 6.45) is 0.765.